The molecule has 2 amide bonds. The molecule has 30 heavy (non-hydrogen) atoms. The lowest BCUT2D eigenvalue weighted by molar-refractivity contribution is 0.101. The fraction of sp³-hybridized carbons (Fsp3) is 0.458. The number of aliphatic hydroxyl groups is 1. The molecule has 1 aliphatic heterocycles. The molecule has 0 saturated carbocycles. The summed E-state index contributed by atoms with van der Waals surface area (Å²) in [6.45, 7) is 9.57. The second-order valence-electron chi connectivity index (χ2n) is 8.26. The number of benzene rings is 2. The molecule has 0 spiro atoms. The molecule has 2 aromatic rings. The normalized spacial score (nSPS) is 16.2. The number of carbonyl (C=O) groups is 1. The fourth-order valence-corrected chi connectivity index (χ4v) is 3.71. The minimum Gasteiger partial charge on any atom is -0.391 e. The summed E-state index contributed by atoms with van der Waals surface area (Å²) in [5.41, 5.74) is 4.58. The average molecular weight is 411 g/mol. The Bertz CT molecular complexity index is 827. The summed E-state index contributed by atoms with van der Waals surface area (Å²) in [6.07, 6.45) is -0.576. The van der Waals surface area contributed by atoms with E-state index in [2.05, 4.69) is 53.1 Å². The lowest BCUT2D eigenvalue weighted by atomic mass is 10.2. The Hall–Kier alpha value is -2.73. The van der Waals surface area contributed by atoms with Crippen LogP contribution in [0.25, 0.3) is 0 Å². The van der Waals surface area contributed by atoms with Gasteiger partial charge < -0.3 is 19.8 Å². The predicted octanol–water partition coefficient (Wildman–Crippen LogP) is 3.58. The van der Waals surface area contributed by atoms with Crippen molar-refractivity contribution in [3.63, 3.8) is 0 Å². The van der Waals surface area contributed by atoms with Gasteiger partial charge in [0.1, 0.15) is 0 Å². The number of nitrogens with zero attached hydrogens (tertiary/aromatic N) is 4. The van der Waals surface area contributed by atoms with Gasteiger partial charge in [-0.25, -0.2) is 4.79 Å². The third-order valence-corrected chi connectivity index (χ3v) is 6.18. The smallest absolute Gasteiger partial charge is 0.324 e. The molecule has 0 unspecified atom stereocenters. The zero-order valence-corrected chi connectivity index (χ0v) is 18.7. The van der Waals surface area contributed by atoms with Crippen molar-refractivity contribution in [2.24, 2.45) is 0 Å². The van der Waals surface area contributed by atoms with Crippen molar-refractivity contribution >= 4 is 23.1 Å². The van der Waals surface area contributed by atoms with Gasteiger partial charge in [-0.05, 0) is 57.2 Å². The largest absolute Gasteiger partial charge is 0.391 e. The summed E-state index contributed by atoms with van der Waals surface area (Å²) in [5, 5.41) is 9.76. The molecule has 2 aromatic carbocycles. The van der Waals surface area contributed by atoms with Crippen LogP contribution in [0.5, 0.6) is 0 Å². The third-order valence-electron chi connectivity index (χ3n) is 6.18. The van der Waals surface area contributed by atoms with Crippen molar-refractivity contribution in [3.8, 4) is 0 Å². The summed E-state index contributed by atoms with van der Waals surface area (Å²) >= 11 is 0. The van der Waals surface area contributed by atoms with E-state index in [1.54, 1.807) is 30.8 Å². The molecule has 3 rings (SSSR count). The second kappa shape index (κ2) is 9.39. The number of urea groups is 1. The molecule has 6 nitrogen and oxygen atoms in total. The summed E-state index contributed by atoms with van der Waals surface area (Å²) in [6, 6.07) is 16.5. The van der Waals surface area contributed by atoms with Crippen molar-refractivity contribution in [1.29, 1.82) is 0 Å². The topological polar surface area (TPSA) is 50.3 Å². The summed E-state index contributed by atoms with van der Waals surface area (Å²) < 4.78 is 0. The van der Waals surface area contributed by atoms with E-state index in [0.29, 0.717) is 0 Å². The van der Waals surface area contributed by atoms with Crippen LogP contribution in [0.2, 0.25) is 0 Å². The van der Waals surface area contributed by atoms with E-state index in [9.17, 15) is 9.90 Å². The van der Waals surface area contributed by atoms with Crippen LogP contribution in [-0.4, -0.2) is 68.5 Å². The second-order valence-corrected chi connectivity index (χ2v) is 8.26. The molecular weight excluding hydrogens is 376 g/mol. The first kappa shape index (κ1) is 22.0. The first-order chi connectivity index (χ1) is 14.3. The molecule has 0 radical (unpaired) electrons. The summed E-state index contributed by atoms with van der Waals surface area (Å²) in [5.74, 6) is 0. The quantitative estimate of drug-likeness (QED) is 0.819. The Morgan fingerprint density at radius 2 is 1.30 bits per heavy atom. The van der Waals surface area contributed by atoms with Crippen molar-refractivity contribution in [3.05, 3.63) is 54.1 Å². The summed E-state index contributed by atoms with van der Waals surface area (Å²) in [7, 11) is 3.49. The maximum atomic E-state index is 12.7. The maximum Gasteiger partial charge on any atom is 0.324 e. The van der Waals surface area contributed by atoms with Crippen molar-refractivity contribution < 1.29 is 9.90 Å². The van der Waals surface area contributed by atoms with Crippen LogP contribution < -0.4 is 14.7 Å². The van der Waals surface area contributed by atoms with Crippen LogP contribution in [-0.2, 0) is 0 Å². The van der Waals surface area contributed by atoms with Gasteiger partial charge in [0.15, 0.2) is 0 Å². The van der Waals surface area contributed by atoms with Crippen LogP contribution in [0.15, 0.2) is 48.5 Å². The Labute approximate surface area is 180 Å². The number of hydrogen-bond donors (Lipinski definition) is 1. The molecule has 0 aliphatic carbocycles. The van der Waals surface area contributed by atoms with Crippen LogP contribution in [0.4, 0.5) is 21.9 Å². The molecule has 162 valence electrons. The Kier molecular flexibility index (Phi) is 6.87. The zero-order chi connectivity index (χ0) is 21.8. The van der Waals surface area contributed by atoms with E-state index in [1.165, 1.54) is 16.9 Å². The van der Waals surface area contributed by atoms with Crippen LogP contribution in [0.1, 0.15) is 19.4 Å². The van der Waals surface area contributed by atoms with E-state index >= 15 is 0 Å². The minimum atomic E-state index is -0.576. The zero-order valence-electron chi connectivity index (χ0n) is 18.7. The van der Waals surface area contributed by atoms with Crippen LogP contribution in [0.3, 0.4) is 0 Å². The number of rotatable bonds is 5. The highest BCUT2D eigenvalue weighted by atomic mass is 16.3. The molecule has 1 aliphatic rings. The summed E-state index contributed by atoms with van der Waals surface area (Å²) in [4.78, 5) is 20.7. The van der Waals surface area contributed by atoms with Gasteiger partial charge in [0.2, 0.25) is 0 Å². The molecule has 0 bridgehead atoms. The van der Waals surface area contributed by atoms with Gasteiger partial charge in [-0.1, -0.05) is 17.7 Å². The Balaban J connectivity index is 1.59. The molecule has 0 aromatic heterocycles. The highest BCUT2D eigenvalue weighted by Crippen LogP contribution is 2.24. The molecule has 1 N–H and O–H groups in total. The van der Waals surface area contributed by atoms with E-state index in [0.717, 1.165) is 31.9 Å². The van der Waals surface area contributed by atoms with Crippen molar-refractivity contribution in [2.45, 2.75) is 32.9 Å². The number of piperazine rings is 1. The standard InChI is InChI=1S/C24H34N4O2/c1-18-6-8-22(9-7-18)27-14-16-28(17-15-27)23-12-10-21(11-13-23)26(5)24(30)25(4)19(2)20(3)29/h6-13,19-20,29H,14-17H2,1-5H3/t19-,20+/m0/s1. The van der Waals surface area contributed by atoms with Gasteiger partial charge in [-0.2, -0.15) is 0 Å². The van der Waals surface area contributed by atoms with Crippen molar-refractivity contribution in [1.82, 2.24) is 4.90 Å². The van der Waals surface area contributed by atoms with Gasteiger partial charge in [0, 0.05) is 57.3 Å². The van der Waals surface area contributed by atoms with Gasteiger partial charge >= 0.3 is 6.03 Å². The van der Waals surface area contributed by atoms with Gasteiger partial charge in [-0.15, -0.1) is 0 Å². The number of anilines is 3. The third kappa shape index (κ3) is 4.87. The van der Waals surface area contributed by atoms with Crippen LogP contribution >= 0.6 is 0 Å². The van der Waals surface area contributed by atoms with Gasteiger partial charge in [0.05, 0.1) is 12.1 Å². The minimum absolute atomic E-state index is 0.136. The number of amides is 2. The Morgan fingerprint density at radius 3 is 1.73 bits per heavy atom. The van der Waals surface area contributed by atoms with Gasteiger partial charge in [0.25, 0.3) is 0 Å². The SMILES string of the molecule is Cc1ccc(N2CCN(c3ccc(N(C)C(=O)N(C)[C@@H](C)[C@@H](C)O)cc3)CC2)cc1. The van der Waals surface area contributed by atoms with E-state index < -0.39 is 6.10 Å². The highest BCUT2D eigenvalue weighted by Gasteiger charge is 2.24. The van der Waals surface area contributed by atoms with Gasteiger partial charge in [-0.3, -0.25) is 4.90 Å². The molecule has 2 atom stereocenters. The first-order valence-electron chi connectivity index (χ1n) is 10.6. The number of hydrogen-bond acceptors (Lipinski definition) is 4. The average Bonchev–Trinajstić information content (AvgIpc) is 2.77. The highest BCUT2D eigenvalue weighted by molar-refractivity contribution is 5.91. The Morgan fingerprint density at radius 1 is 0.867 bits per heavy atom. The monoisotopic (exact) mass is 410 g/mol. The predicted molar refractivity (Wildman–Crippen MR) is 125 cm³/mol. The molecular formula is C24H34N4O2. The lowest BCUT2D eigenvalue weighted by Crippen LogP contribution is -2.47. The van der Waals surface area contributed by atoms with E-state index in [-0.39, 0.29) is 12.1 Å². The number of aryl methyl sites for hydroxylation is 1. The van der Waals surface area contributed by atoms with E-state index in [4.69, 9.17) is 0 Å². The molecule has 1 fully saturated rings. The first-order valence-corrected chi connectivity index (χ1v) is 10.6. The van der Waals surface area contributed by atoms with Crippen LogP contribution in [0, 0.1) is 6.92 Å². The molecule has 1 saturated heterocycles. The number of aliphatic hydroxyl groups excluding tert-OH is 1. The number of likely N-dealkylation sites (N-methyl/N-ethyl adjacent to an activating group) is 1. The maximum absolute atomic E-state index is 12.7. The van der Waals surface area contributed by atoms with E-state index in [1.807, 2.05) is 19.1 Å². The number of carbonyl (C=O) groups excluding carboxylic acids is 1. The fourth-order valence-electron chi connectivity index (χ4n) is 3.71. The molecule has 6 heteroatoms. The molecule has 1 heterocycles. The van der Waals surface area contributed by atoms with Crippen molar-refractivity contribution in [2.75, 3.05) is 55.0 Å². The lowest BCUT2D eigenvalue weighted by Gasteiger charge is -2.37.